The summed E-state index contributed by atoms with van der Waals surface area (Å²) < 4.78 is 0. The minimum Gasteiger partial charge on any atom is -0.366 e. The molecule has 1 aliphatic heterocycles. The number of nitrogens with two attached hydrogens (primary N) is 1. The first-order valence-corrected chi connectivity index (χ1v) is 10.7. The van der Waals surface area contributed by atoms with Crippen molar-refractivity contribution in [2.45, 2.75) is 25.2 Å². The van der Waals surface area contributed by atoms with Crippen LogP contribution in [0.15, 0.2) is 78.9 Å². The number of hydrogen-bond acceptors (Lipinski definition) is 3. The van der Waals surface area contributed by atoms with Crippen molar-refractivity contribution in [3.05, 3.63) is 95.6 Å². The number of carbonyl (C=O) groups excluding carboxylic acids is 3. The molecule has 3 aromatic carbocycles. The molecule has 0 spiro atoms. The normalized spacial score (nSPS) is 14.6. The second kappa shape index (κ2) is 9.47. The molecule has 1 fully saturated rings. The molecule has 3 N–H and O–H groups in total. The Labute approximate surface area is 187 Å². The fraction of sp³-hybridized carbons (Fsp3) is 0.192. The van der Waals surface area contributed by atoms with E-state index >= 15 is 0 Å². The molecule has 6 heteroatoms. The Balaban J connectivity index is 1.61. The molecule has 162 valence electrons. The highest BCUT2D eigenvalue weighted by molar-refractivity contribution is 6.02. The number of anilines is 2. The molecule has 3 aromatic rings. The van der Waals surface area contributed by atoms with Gasteiger partial charge in [0.1, 0.15) is 0 Å². The van der Waals surface area contributed by atoms with Crippen LogP contribution >= 0.6 is 0 Å². The smallest absolute Gasteiger partial charge is 0.249 e. The van der Waals surface area contributed by atoms with Crippen molar-refractivity contribution in [2.24, 2.45) is 5.73 Å². The number of benzene rings is 3. The van der Waals surface area contributed by atoms with E-state index in [-0.39, 0.29) is 11.8 Å². The first kappa shape index (κ1) is 21.3. The van der Waals surface area contributed by atoms with Crippen molar-refractivity contribution in [3.63, 3.8) is 0 Å². The Hall–Kier alpha value is -3.93. The van der Waals surface area contributed by atoms with Gasteiger partial charge in [-0.2, -0.15) is 0 Å². The maximum atomic E-state index is 13.4. The van der Waals surface area contributed by atoms with Gasteiger partial charge in [-0.3, -0.25) is 14.4 Å². The zero-order valence-electron chi connectivity index (χ0n) is 17.7. The highest BCUT2D eigenvalue weighted by atomic mass is 16.2. The maximum absolute atomic E-state index is 13.4. The number of hydrogen-bond donors (Lipinski definition) is 2. The van der Waals surface area contributed by atoms with Gasteiger partial charge in [-0.15, -0.1) is 0 Å². The SMILES string of the molecule is NC(=O)c1ccccc1[C@@H](C(=O)Nc1ccc(N2CCCCC2=O)cc1)c1ccccc1. The van der Waals surface area contributed by atoms with E-state index in [1.54, 1.807) is 41.3 Å². The zero-order valence-corrected chi connectivity index (χ0v) is 17.7. The highest BCUT2D eigenvalue weighted by Gasteiger charge is 2.27. The molecular weight excluding hydrogens is 402 g/mol. The third kappa shape index (κ3) is 4.54. The van der Waals surface area contributed by atoms with Crippen molar-refractivity contribution in [1.82, 2.24) is 0 Å². The highest BCUT2D eigenvalue weighted by Crippen LogP contribution is 2.30. The van der Waals surface area contributed by atoms with Gasteiger partial charge < -0.3 is 16.0 Å². The molecule has 3 amide bonds. The molecule has 0 unspecified atom stereocenters. The Morgan fingerprint density at radius 3 is 2.25 bits per heavy atom. The van der Waals surface area contributed by atoms with Crippen LogP contribution in [0, 0.1) is 0 Å². The van der Waals surface area contributed by atoms with E-state index in [0.717, 1.165) is 24.1 Å². The topological polar surface area (TPSA) is 92.5 Å². The molecule has 0 aromatic heterocycles. The minimum absolute atomic E-state index is 0.125. The van der Waals surface area contributed by atoms with Crippen LogP contribution in [0.25, 0.3) is 0 Å². The van der Waals surface area contributed by atoms with E-state index in [9.17, 15) is 14.4 Å². The van der Waals surface area contributed by atoms with E-state index in [1.807, 2.05) is 42.5 Å². The van der Waals surface area contributed by atoms with Crippen LogP contribution in [-0.4, -0.2) is 24.3 Å². The summed E-state index contributed by atoms with van der Waals surface area (Å²) in [5.74, 6) is -1.43. The second-order valence-corrected chi connectivity index (χ2v) is 7.83. The van der Waals surface area contributed by atoms with Crippen LogP contribution < -0.4 is 16.0 Å². The summed E-state index contributed by atoms with van der Waals surface area (Å²) in [5.41, 5.74) is 8.64. The minimum atomic E-state index is -0.705. The lowest BCUT2D eigenvalue weighted by molar-refractivity contribution is -0.119. The fourth-order valence-corrected chi connectivity index (χ4v) is 4.11. The number of nitrogens with zero attached hydrogens (tertiary/aromatic N) is 1. The Morgan fingerprint density at radius 2 is 1.56 bits per heavy atom. The number of carbonyl (C=O) groups is 3. The van der Waals surface area contributed by atoms with E-state index in [4.69, 9.17) is 5.73 Å². The molecule has 32 heavy (non-hydrogen) atoms. The fourth-order valence-electron chi connectivity index (χ4n) is 4.11. The van der Waals surface area contributed by atoms with Gasteiger partial charge in [0.15, 0.2) is 0 Å². The summed E-state index contributed by atoms with van der Waals surface area (Å²) in [4.78, 5) is 39.4. The monoisotopic (exact) mass is 427 g/mol. The predicted molar refractivity (Wildman–Crippen MR) is 125 cm³/mol. The van der Waals surface area contributed by atoms with Crippen molar-refractivity contribution in [3.8, 4) is 0 Å². The van der Waals surface area contributed by atoms with E-state index in [2.05, 4.69) is 5.32 Å². The van der Waals surface area contributed by atoms with Crippen LogP contribution in [0.4, 0.5) is 11.4 Å². The van der Waals surface area contributed by atoms with Crippen molar-refractivity contribution < 1.29 is 14.4 Å². The molecule has 6 nitrogen and oxygen atoms in total. The first-order chi connectivity index (χ1) is 15.5. The Kier molecular flexibility index (Phi) is 6.31. The molecule has 1 saturated heterocycles. The molecule has 0 aliphatic carbocycles. The van der Waals surface area contributed by atoms with Gasteiger partial charge in [-0.25, -0.2) is 0 Å². The predicted octanol–water partition coefficient (Wildman–Crippen LogP) is 4.07. The third-order valence-electron chi connectivity index (χ3n) is 5.70. The maximum Gasteiger partial charge on any atom is 0.249 e. The van der Waals surface area contributed by atoms with Crippen molar-refractivity contribution in [1.29, 1.82) is 0 Å². The molecule has 0 saturated carbocycles. The van der Waals surface area contributed by atoms with E-state index in [1.165, 1.54) is 0 Å². The number of nitrogens with one attached hydrogen (secondary N) is 1. The summed E-state index contributed by atoms with van der Waals surface area (Å²) in [7, 11) is 0. The second-order valence-electron chi connectivity index (χ2n) is 7.83. The van der Waals surface area contributed by atoms with Gasteiger partial charge in [0.25, 0.3) is 0 Å². The lowest BCUT2D eigenvalue weighted by atomic mass is 9.87. The van der Waals surface area contributed by atoms with E-state index < -0.39 is 11.8 Å². The van der Waals surface area contributed by atoms with Crippen LogP contribution in [0.3, 0.4) is 0 Å². The lowest BCUT2D eigenvalue weighted by Gasteiger charge is -2.27. The first-order valence-electron chi connectivity index (χ1n) is 10.7. The number of rotatable bonds is 6. The largest absolute Gasteiger partial charge is 0.366 e. The summed E-state index contributed by atoms with van der Waals surface area (Å²) in [5, 5.41) is 2.95. The van der Waals surface area contributed by atoms with E-state index in [0.29, 0.717) is 29.8 Å². The summed E-state index contributed by atoms with van der Waals surface area (Å²) in [6.45, 7) is 0.713. The van der Waals surface area contributed by atoms with Crippen LogP contribution in [0.1, 0.15) is 46.7 Å². The number of amides is 3. The molecule has 0 radical (unpaired) electrons. The van der Waals surface area contributed by atoms with Gasteiger partial charge in [0.2, 0.25) is 17.7 Å². The van der Waals surface area contributed by atoms with Gasteiger partial charge >= 0.3 is 0 Å². The molecule has 4 rings (SSSR count). The standard InChI is InChI=1S/C26H25N3O3/c27-25(31)22-11-5-4-10-21(22)24(18-8-2-1-3-9-18)26(32)28-19-13-15-20(16-14-19)29-17-7-6-12-23(29)30/h1-5,8-11,13-16,24H,6-7,12,17H2,(H2,27,31)(H,28,32)/t24-/m0/s1. The third-order valence-corrected chi connectivity index (χ3v) is 5.70. The van der Waals surface area contributed by atoms with Gasteiger partial charge in [-0.1, -0.05) is 48.5 Å². The van der Waals surface area contributed by atoms with Crippen molar-refractivity contribution >= 4 is 29.1 Å². The Bertz CT molecular complexity index is 1130. The van der Waals surface area contributed by atoms with Crippen LogP contribution in [0.5, 0.6) is 0 Å². The lowest BCUT2D eigenvalue weighted by Crippen LogP contribution is -2.35. The van der Waals surface area contributed by atoms with Crippen LogP contribution in [-0.2, 0) is 9.59 Å². The zero-order chi connectivity index (χ0) is 22.5. The summed E-state index contributed by atoms with van der Waals surface area (Å²) >= 11 is 0. The quantitative estimate of drug-likeness (QED) is 0.621. The van der Waals surface area contributed by atoms with Gasteiger partial charge in [0, 0.05) is 29.9 Å². The molecule has 1 heterocycles. The van der Waals surface area contributed by atoms with Crippen LogP contribution in [0.2, 0.25) is 0 Å². The summed E-state index contributed by atoms with van der Waals surface area (Å²) in [6, 6.07) is 23.4. The van der Waals surface area contributed by atoms with Crippen molar-refractivity contribution in [2.75, 3.05) is 16.8 Å². The molecule has 1 aliphatic rings. The average Bonchev–Trinajstić information content (AvgIpc) is 2.81. The summed E-state index contributed by atoms with van der Waals surface area (Å²) in [6.07, 6.45) is 2.48. The molecule has 1 atom stereocenters. The average molecular weight is 428 g/mol. The number of primary amides is 1. The molecule has 0 bridgehead atoms. The molecular formula is C26H25N3O3. The van der Waals surface area contributed by atoms with Gasteiger partial charge in [-0.05, 0) is 54.3 Å². The Morgan fingerprint density at radius 1 is 0.875 bits per heavy atom. The number of piperidine rings is 1. The van der Waals surface area contributed by atoms with Gasteiger partial charge in [0.05, 0.1) is 5.92 Å².